The Hall–Kier alpha value is -1.29. The standard InChI is InChI=1S/C13H16ClNO3/c1-3-17-12-11(14)5-9(6-15-12)13(16)18-7-10-4-8(10)2/h5-6,8,10H,3-4,7H2,1-2H3. The number of hydrogen-bond acceptors (Lipinski definition) is 4. The third-order valence-electron chi connectivity index (χ3n) is 3.03. The first kappa shape index (κ1) is 13.1. The van der Waals surface area contributed by atoms with Crippen LogP contribution in [-0.4, -0.2) is 24.2 Å². The molecule has 1 saturated carbocycles. The Bertz CT molecular complexity index is 450. The highest BCUT2D eigenvalue weighted by molar-refractivity contribution is 6.32. The van der Waals surface area contributed by atoms with Gasteiger partial charge < -0.3 is 9.47 Å². The average Bonchev–Trinajstić information content (AvgIpc) is 3.05. The van der Waals surface area contributed by atoms with Crippen molar-refractivity contribution in [3.05, 3.63) is 22.8 Å². The molecule has 5 heteroatoms. The number of hydrogen-bond donors (Lipinski definition) is 0. The molecule has 0 saturated heterocycles. The second kappa shape index (κ2) is 5.57. The van der Waals surface area contributed by atoms with E-state index in [9.17, 15) is 4.79 Å². The predicted molar refractivity (Wildman–Crippen MR) is 68.0 cm³/mol. The summed E-state index contributed by atoms with van der Waals surface area (Å²) >= 11 is 5.96. The first-order chi connectivity index (χ1) is 8.61. The van der Waals surface area contributed by atoms with E-state index in [1.54, 1.807) is 0 Å². The van der Waals surface area contributed by atoms with Crippen molar-refractivity contribution in [2.75, 3.05) is 13.2 Å². The molecule has 0 amide bonds. The maximum atomic E-state index is 11.7. The SMILES string of the molecule is CCOc1ncc(C(=O)OCC2CC2C)cc1Cl. The highest BCUT2D eigenvalue weighted by Gasteiger charge is 2.33. The number of nitrogens with zero attached hydrogens (tertiary/aromatic N) is 1. The second-order valence-electron chi connectivity index (χ2n) is 4.52. The van der Waals surface area contributed by atoms with Gasteiger partial charge in [-0.05, 0) is 31.2 Å². The highest BCUT2D eigenvalue weighted by Crippen LogP contribution is 2.37. The Morgan fingerprint density at radius 1 is 1.61 bits per heavy atom. The van der Waals surface area contributed by atoms with Crippen molar-refractivity contribution < 1.29 is 14.3 Å². The molecule has 1 heterocycles. The average molecular weight is 270 g/mol. The molecule has 0 aromatic carbocycles. The fraction of sp³-hybridized carbons (Fsp3) is 0.538. The zero-order valence-corrected chi connectivity index (χ0v) is 11.2. The van der Waals surface area contributed by atoms with Gasteiger partial charge in [0.05, 0.1) is 18.8 Å². The zero-order valence-electron chi connectivity index (χ0n) is 10.5. The van der Waals surface area contributed by atoms with Crippen molar-refractivity contribution >= 4 is 17.6 Å². The molecule has 0 spiro atoms. The summed E-state index contributed by atoms with van der Waals surface area (Å²) in [5, 5.41) is 0.325. The fourth-order valence-electron chi connectivity index (χ4n) is 1.68. The predicted octanol–water partition coefficient (Wildman–Crippen LogP) is 2.95. The maximum absolute atomic E-state index is 11.7. The molecule has 4 nitrogen and oxygen atoms in total. The van der Waals surface area contributed by atoms with E-state index in [0.717, 1.165) is 6.42 Å². The molecule has 2 atom stereocenters. The molecule has 0 radical (unpaired) electrons. The van der Waals surface area contributed by atoms with Gasteiger partial charge >= 0.3 is 5.97 Å². The number of esters is 1. The van der Waals surface area contributed by atoms with Crippen molar-refractivity contribution in [1.82, 2.24) is 4.98 Å². The van der Waals surface area contributed by atoms with Crippen molar-refractivity contribution in [2.45, 2.75) is 20.3 Å². The van der Waals surface area contributed by atoms with Crippen LogP contribution in [0.15, 0.2) is 12.3 Å². The van der Waals surface area contributed by atoms with Crippen molar-refractivity contribution in [3.63, 3.8) is 0 Å². The molecule has 0 bridgehead atoms. The minimum atomic E-state index is -0.383. The first-order valence-electron chi connectivity index (χ1n) is 6.07. The molecule has 1 aliphatic carbocycles. The summed E-state index contributed by atoms with van der Waals surface area (Å²) in [5.41, 5.74) is 0.358. The molecular formula is C13H16ClNO3. The number of ether oxygens (including phenoxy) is 2. The van der Waals surface area contributed by atoms with Gasteiger partial charge in [-0.2, -0.15) is 0 Å². The van der Waals surface area contributed by atoms with Crippen LogP contribution in [0, 0.1) is 11.8 Å². The Morgan fingerprint density at radius 2 is 2.33 bits per heavy atom. The number of aromatic nitrogens is 1. The van der Waals surface area contributed by atoms with Crippen LogP contribution in [0.25, 0.3) is 0 Å². The normalized spacial score (nSPS) is 21.5. The van der Waals surface area contributed by atoms with Gasteiger partial charge in [0.1, 0.15) is 5.02 Å². The van der Waals surface area contributed by atoms with E-state index >= 15 is 0 Å². The van der Waals surface area contributed by atoms with Crippen molar-refractivity contribution in [2.24, 2.45) is 11.8 Å². The molecule has 2 unspecified atom stereocenters. The van der Waals surface area contributed by atoms with Crippen LogP contribution in [0.3, 0.4) is 0 Å². The summed E-state index contributed by atoms with van der Waals surface area (Å²) in [7, 11) is 0. The minimum absolute atomic E-state index is 0.325. The Morgan fingerprint density at radius 3 is 2.89 bits per heavy atom. The fourth-order valence-corrected chi connectivity index (χ4v) is 1.90. The molecule has 98 valence electrons. The monoisotopic (exact) mass is 269 g/mol. The van der Waals surface area contributed by atoms with Crippen LogP contribution in [0.2, 0.25) is 5.02 Å². The first-order valence-corrected chi connectivity index (χ1v) is 6.45. The minimum Gasteiger partial charge on any atom is -0.477 e. The van der Waals surface area contributed by atoms with Gasteiger partial charge in [-0.3, -0.25) is 0 Å². The van der Waals surface area contributed by atoms with E-state index in [4.69, 9.17) is 21.1 Å². The lowest BCUT2D eigenvalue weighted by Gasteiger charge is -2.07. The molecule has 2 rings (SSSR count). The zero-order chi connectivity index (χ0) is 13.1. The summed E-state index contributed by atoms with van der Waals surface area (Å²) in [4.78, 5) is 15.7. The van der Waals surface area contributed by atoms with Gasteiger partial charge in [-0.15, -0.1) is 0 Å². The third kappa shape index (κ3) is 3.13. The number of carbonyl (C=O) groups excluding carboxylic acids is 1. The molecule has 1 fully saturated rings. The van der Waals surface area contributed by atoms with Crippen LogP contribution < -0.4 is 4.74 Å². The Kier molecular flexibility index (Phi) is 4.07. The van der Waals surface area contributed by atoms with Crippen LogP contribution in [-0.2, 0) is 4.74 Å². The van der Waals surface area contributed by atoms with Crippen LogP contribution in [0.1, 0.15) is 30.6 Å². The molecule has 18 heavy (non-hydrogen) atoms. The topological polar surface area (TPSA) is 48.4 Å². The lowest BCUT2D eigenvalue weighted by Crippen LogP contribution is -2.09. The highest BCUT2D eigenvalue weighted by atomic mass is 35.5. The largest absolute Gasteiger partial charge is 0.477 e. The van der Waals surface area contributed by atoms with E-state index in [-0.39, 0.29) is 5.97 Å². The van der Waals surface area contributed by atoms with Crippen LogP contribution in [0.4, 0.5) is 0 Å². The molecule has 0 N–H and O–H groups in total. The van der Waals surface area contributed by atoms with Gasteiger partial charge in [0.25, 0.3) is 0 Å². The molecule has 1 aromatic rings. The quantitative estimate of drug-likeness (QED) is 0.771. The van der Waals surface area contributed by atoms with Crippen LogP contribution >= 0.6 is 11.6 Å². The third-order valence-corrected chi connectivity index (χ3v) is 3.30. The second-order valence-corrected chi connectivity index (χ2v) is 4.92. The van der Waals surface area contributed by atoms with E-state index in [2.05, 4.69) is 11.9 Å². The Balaban J connectivity index is 1.95. The van der Waals surface area contributed by atoms with Gasteiger partial charge in [0.15, 0.2) is 0 Å². The molecule has 0 aliphatic heterocycles. The van der Waals surface area contributed by atoms with E-state index in [1.807, 2.05) is 6.92 Å². The lowest BCUT2D eigenvalue weighted by molar-refractivity contribution is 0.0480. The van der Waals surface area contributed by atoms with E-state index < -0.39 is 0 Å². The van der Waals surface area contributed by atoms with Crippen LogP contribution in [0.5, 0.6) is 5.88 Å². The molecule has 1 aliphatic rings. The van der Waals surface area contributed by atoms with Gasteiger partial charge in [-0.1, -0.05) is 18.5 Å². The van der Waals surface area contributed by atoms with Gasteiger partial charge in [0, 0.05) is 6.20 Å². The molecular weight excluding hydrogens is 254 g/mol. The smallest absolute Gasteiger partial charge is 0.339 e. The number of halogens is 1. The lowest BCUT2D eigenvalue weighted by atomic mass is 10.3. The van der Waals surface area contributed by atoms with E-state index in [1.165, 1.54) is 12.3 Å². The number of carbonyl (C=O) groups is 1. The van der Waals surface area contributed by atoms with Crippen molar-refractivity contribution in [3.8, 4) is 5.88 Å². The summed E-state index contributed by atoms with van der Waals surface area (Å²) in [6.45, 7) is 4.95. The molecule has 1 aromatic heterocycles. The van der Waals surface area contributed by atoms with Gasteiger partial charge in [0.2, 0.25) is 5.88 Å². The Labute approximate surface area is 111 Å². The van der Waals surface area contributed by atoms with E-state index in [0.29, 0.717) is 41.5 Å². The summed E-state index contributed by atoms with van der Waals surface area (Å²) in [6, 6.07) is 1.53. The van der Waals surface area contributed by atoms with Crippen molar-refractivity contribution in [1.29, 1.82) is 0 Å². The maximum Gasteiger partial charge on any atom is 0.339 e. The summed E-state index contributed by atoms with van der Waals surface area (Å²) in [5.74, 6) is 1.14. The number of rotatable bonds is 5. The summed E-state index contributed by atoms with van der Waals surface area (Å²) < 4.78 is 10.4. The van der Waals surface area contributed by atoms with Gasteiger partial charge in [-0.25, -0.2) is 9.78 Å². The number of pyridine rings is 1. The summed E-state index contributed by atoms with van der Waals surface area (Å²) in [6.07, 6.45) is 2.56.